The molecule has 0 fully saturated rings. The predicted octanol–water partition coefficient (Wildman–Crippen LogP) is 3.69. The fourth-order valence-electron chi connectivity index (χ4n) is 1.74. The van der Waals surface area contributed by atoms with E-state index in [9.17, 15) is 4.79 Å². The van der Waals surface area contributed by atoms with Crippen LogP contribution in [0.1, 0.15) is 16.1 Å². The second-order valence-corrected chi connectivity index (χ2v) is 5.60. The Kier molecular flexibility index (Phi) is 4.29. The highest BCUT2D eigenvalue weighted by molar-refractivity contribution is 14.1. The van der Waals surface area contributed by atoms with Crippen LogP contribution in [0.2, 0.25) is 5.02 Å². The molecule has 0 bridgehead atoms. The van der Waals surface area contributed by atoms with E-state index < -0.39 is 5.97 Å². The topological polar surface area (TPSA) is 42.2 Å². The van der Waals surface area contributed by atoms with Crippen molar-refractivity contribution in [1.82, 2.24) is 4.57 Å². The molecule has 1 aromatic carbocycles. The summed E-state index contributed by atoms with van der Waals surface area (Å²) in [5.41, 5.74) is 1.47. The van der Waals surface area contributed by atoms with Gasteiger partial charge in [0.25, 0.3) is 0 Å². The van der Waals surface area contributed by atoms with E-state index in [4.69, 9.17) is 16.7 Å². The Morgan fingerprint density at radius 3 is 2.61 bits per heavy atom. The molecule has 1 aromatic heterocycles. The Hall–Kier alpha value is -1.01. The molecule has 94 valence electrons. The molecule has 0 radical (unpaired) electrons. The molecule has 0 saturated heterocycles. The number of hydrogen-bond acceptors (Lipinski definition) is 1. The summed E-state index contributed by atoms with van der Waals surface area (Å²) < 4.78 is 2.69. The van der Waals surface area contributed by atoms with Crippen molar-refractivity contribution in [3.8, 4) is 0 Å². The maximum Gasteiger partial charge on any atom is 0.352 e. The van der Waals surface area contributed by atoms with Crippen molar-refractivity contribution in [3.05, 3.63) is 56.4 Å². The molecule has 0 aliphatic rings. The minimum atomic E-state index is -0.894. The zero-order valence-corrected chi connectivity index (χ0v) is 12.4. The van der Waals surface area contributed by atoms with E-state index in [2.05, 4.69) is 22.6 Å². The average Bonchev–Trinajstić information content (AvgIpc) is 2.70. The van der Waals surface area contributed by atoms with Gasteiger partial charge in [-0.1, -0.05) is 23.7 Å². The van der Waals surface area contributed by atoms with Gasteiger partial charge in [0.2, 0.25) is 0 Å². The molecule has 1 N–H and O–H groups in total. The number of aromatic nitrogens is 1. The van der Waals surface area contributed by atoms with Gasteiger partial charge in [0.05, 0.1) is 0 Å². The number of carboxylic acids is 1. The van der Waals surface area contributed by atoms with Crippen LogP contribution >= 0.6 is 34.2 Å². The largest absolute Gasteiger partial charge is 0.477 e. The predicted molar refractivity (Wildman–Crippen MR) is 79.3 cm³/mol. The third kappa shape index (κ3) is 3.26. The lowest BCUT2D eigenvalue weighted by Crippen LogP contribution is -2.09. The molecule has 0 unspecified atom stereocenters. The highest BCUT2D eigenvalue weighted by Gasteiger charge is 2.11. The summed E-state index contributed by atoms with van der Waals surface area (Å²) in [6, 6.07) is 9.27. The standard InChI is InChI=1S/C13H11ClINO2/c14-10-3-1-9(2-4-10)5-6-16-8-11(15)7-12(16)13(17)18/h1-4,7-8H,5-6H2,(H,17,18). The van der Waals surface area contributed by atoms with Crippen LogP contribution in [-0.2, 0) is 13.0 Å². The monoisotopic (exact) mass is 375 g/mol. The van der Waals surface area contributed by atoms with Crippen molar-refractivity contribution in [2.75, 3.05) is 0 Å². The number of aromatic carboxylic acids is 1. The summed E-state index contributed by atoms with van der Waals surface area (Å²) in [5, 5.41) is 9.78. The second kappa shape index (κ2) is 5.75. The fraction of sp³-hybridized carbons (Fsp3) is 0.154. The van der Waals surface area contributed by atoms with Crippen molar-refractivity contribution in [3.63, 3.8) is 0 Å². The maximum atomic E-state index is 11.0. The molecule has 1 heterocycles. The summed E-state index contributed by atoms with van der Waals surface area (Å²) in [4.78, 5) is 11.0. The Morgan fingerprint density at radius 2 is 2.00 bits per heavy atom. The molecule has 0 aliphatic heterocycles. The number of carbonyl (C=O) groups is 1. The molecule has 5 heteroatoms. The zero-order chi connectivity index (χ0) is 13.1. The molecular weight excluding hydrogens is 365 g/mol. The van der Waals surface area contributed by atoms with Crippen LogP contribution in [0.15, 0.2) is 36.5 Å². The van der Waals surface area contributed by atoms with Crippen LogP contribution < -0.4 is 0 Å². The van der Waals surface area contributed by atoms with Gasteiger partial charge in [-0.15, -0.1) is 0 Å². The molecule has 0 amide bonds. The first kappa shape index (κ1) is 13.4. The van der Waals surface area contributed by atoms with E-state index in [1.54, 1.807) is 10.6 Å². The lowest BCUT2D eigenvalue weighted by molar-refractivity contribution is 0.0685. The van der Waals surface area contributed by atoms with E-state index in [-0.39, 0.29) is 0 Å². The number of aryl methyl sites for hydroxylation is 2. The minimum absolute atomic E-state index is 0.327. The summed E-state index contributed by atoms with van der Waals surface area (Å²) in [7, 11) is 0. The van der Waals surface area contributed by atoms with E-state index in [0.29, 0.717) is 17.3 Å². The van der Waals surface area contributed by atoms with Gasteiger partial charge in [-0.25, -0.2) is 4.79 Å². The van der Waals surface area contributed by atoms with E-state index in [0.717, 1.165) is 15.6 Å². The summed E-state index contributed by atoms with van der Waals surface area (Å²) in [6.07, 6.45) is 2.63. The van der Waals surface area contributed by atoms with Crippen LogP contribution in [0.5, 0.6) is 0 Å². The molecule has 3 nitrogen and oxygen atoms in total. The van der Waals surface area contributed by atoms with Crippen molar-refractivity contribution in [1.29, 1.82) is 0 Å². The number of nitrogens with zero attached hydrogens (tertiary/aromatic N) is 1. The first-order valence-corrected chi connectivity index (χ1v) is 6.85. The molecule has 2 aromatic rings. The van der Waals surface area contributed by atoms with Gasteiger partial charge < -0.3 is 9.67 Å². The number of rotatable bonds is 4. The zero-order valence-electron chi connectivity index (χ0n) is 9.44. The van der Waals surface area contributed by atoms with Crippen LogP contribution in [0.3, 0.4) is 0 Å². The Labute approximate surface area is 124 Å². The number of benzene rings is 1. The number of halogens is 2. The lowest BCUT2D eigenvalue weighted by atomic mass is 10.1. The molecule has 2 rings (SSSR count). The lowest BCUT2D eigenvalue weighted by Gasteiger charge is -2.06. The van der Waals surface area contributed by atoms with E-state index in [1.165, 1.54) is 0 Å². The highest BCUT2D eigenvalue weighted by Crippen LogP contribution is 2.14. The SMILES string of the molecule is O=C(O)c1cc(I)cn1CCc1ccc(Cl)cc1. The molecule has 0 aliphatic carbocycles. The van der Waals surface area contributed by atoms with Crippen LogP contribution in [-0.4, -0.2) is 15.6 Å². The van der Waals surface area contributed by atoms with Gasteiger partial charge in [0, 0.05) is 21.3 Å². The van der Waals surface area contributed by atoms with E-state index >= 15 is 0 Å². The molecule has 0 atom stereocenters. The normalized spacial score (nSPS) is 10.6. The summed E-state index contributed by atoms with van der Waals surface area (Å²) in [6.45, 7) is 0.645. The third-order valence-corrected chi connectivity index (χ3v) is 3.48. The molecule has 18 heavy (non-hydrogen) atoms. The molecule has 0 spiro atoms. The quantitative estimate of drug-likeness (QED) is 0.828. The Balaban J connectivity index is 2.10. The van der Waals surface area contributed by atoms with Crippen molar-refractivity contribution in [2.45, 2.75) is 13.0 Å². The Bertz CT molecular complexity index is 563. The third-order valence-electron chi connectivity index (χ3n) is 2.64. The summed E-state index contributed by atoms with van der Waals surface area (Å²) >= 11 is 7.93. The van der Waals surface area contributed by atoms with Crippen LogP contribution in [0.25, 0.3) is 0 Å². The smallest absolute Gasteiger partial charge is 0.352 e. The number of hydrogen-bond donors (Lipinski definition) is 1. The first-order valence-electron chi connectivity index (χ1n) is 5.39. The number of carboxylic acid groups (broad SMARTS) is 1. The van der Waals surface area contributed by atoms with Gasteiger partial charge in [-0.3, -0.25) is 0 Å². The van der Waals surface area contributed by atoms with Crippen molar-refractivity contribution < 1.29 is 9.90 Å². The molecule has 0 saturated carbocycles. The second-order valence-electron chi connectivity index (χ2n) is 3.92. The Morgan fingerprint density at radius 1 is 1.33 bits per heavy atom. The van der Waals surface area contributed by atoms with Gasteiger partial charge in [-0.05, 0) is 52.8 Å². The van der Waals surface area contributed by atoms with Crippen LogP contribution in [0.4, 0.5) is 0 Å². The van der Waals surface area contributed by atoms with Gasteiger partial charge >= 0.3 is 5.97 Å². The maximum absolute atomic E-state index is 11.0. The van der Waals surface area contributed by atoms with Crippen molar-refractivity contribution >= 4 is 40.2 Å². The molecular formula is C13H11ClINO2. The minimum Gasteiger partial charge on any atom is -0.477 e. The summed E-state index contributed by atoms with van der Waals surface area (Å²) in [5.74, 6) is -0.894. The highest BCUT2D eigenvalue weighted by atomic mass is 127. The fourth-order valence-corrected chi connectivity index (χ4v) is 2.50. The van der Waals surface area contributed by atoms with Crippen molar-refractivity contribution in [2.24, 2.45) is 0 Å². The first-order chi connectivity index (χ1) is 8.56. The van der Waals surface area contributed by atoms with Gasteiger partial charge in [0.1, 0.15) is 5.69 Å². The van der Waals surface area contributed by atoms with E-state index in [1.807, 2.05) is 30.5 Å². The van der Waals surface area contributed by atoms with Gasteiger partial charge in [0.15, 0.2) is 0 Å². The van der Waals surface area contributed by atoms with Crippen LogP contribution in [0, 0.1) is 3.57 Å². The average molecular weight is 376 g/mol. The van der Waals surface area contributed by atoms with Gasteiger partial charge in [-0.2, -0.15) is 0 Å².